The van der Waals surface area contributed by atoms with Crippen LogP contribution in [0.4, 0.5) is 5.69 Å². The standard InChI is InChI=1S/C19H23N3O5/c1-25-8-4-7-21-18(23)13-9-14(12-20-11-13)19(24)22-15-5-6-16(26-2)17(10-15)27-3/h5-6,9-12H,4,7-8H2,1-3H3,(H,21,23)(H,22,24). The van der Waals surface area contributed by atoms with Gasteiger partial charge in [-0.15, -0.1) is 0 Å². The number of carbonyl (C=O) groups excluding carboxylic acids is 2. The van der Waals surface area contributed by atoms with Crippen molar-refractivity contribution in [2.45, 2.75) is 6.42 Å². The number of aromatic nitrogens is 1. The Balaban J connectivity index is 2.05. The molecule has 0 fully saturated rings. The first kappa shape index (κ1) is 20.2. The van der Waals surface area contributed by atoms with E-state index >= 15 is 0 Å². The van der Waals surface area contributed by atoms with Crippen LogP contribution in [0.25, 0.3) is 0 Å². The number of hydrogen-bond acceptors (Lipinski definition) is 6. The van der Waals surface area contributed by atoms with Gasteiger partial charge in [-0.05, 0) is 24.6 Å². The molecule has 144 valence electrons. The van der Waals surface area contributed by atoms with Crippen LogP contribution in [0.1, 0.15) is 27.1 Å². The molecule has 0 saturated carbocycles. The van der Waals surface area contributed by atoms with Gasteiger partial charge in [-0.1, -0.05) is 0 Å². The van der Waals surface area contributed by atoms with Crippen LogP contribution in [0.3, 0.4) is 0 Å². The third-order valence-corrected chi connectivity index (χ3v) is 3.71. The second-order valence-corrected chi connectivity index (χ2v) is 5.59. The van der Waals surface area contributed by atoms with Gasteiger partial charge in [-0.2, -0.15) is 0 Å². The summed E-state index contributed by atoms with van der Waals surface area (Å²) in [5, 5.41) is 5.50. The van der Waals surface area contributed by atoms with Gasteiger partial charge in [0.1, 0.15) is 0 Å². The average Bonchev–Trinajstić information content (AvgIpc) is 2.71. The van der Waals surface area contributed by atoms with Gasteiger partial charge >= 0.3 is 0 Å². The third kappa shape index (κ3) is 5.68. The van der Waals surface area contributed by atoms with Gasteiger partial charge < -0.3 is 24.8 Å². The molecule has 2 aromatic rings. The van der Waals surface area contributed by atoms with E-state index in [1.54, 1.807) is 25.3 Å². The van der Waals surface area contributed by atoms with E-state index in [4.69, 9.17) is 14.2 Å². The molecule has 0 aliphatic rings. The Morgan fingerprint density at radius 2 is 1.67 bits per heavy atom. The van der Waals surface area contributed by atoms with Crippen LogP contribution in [0.5, 0.6) is 11.5 Å². The first-order valence-corrected chi connectivity index (χ1v) is 8.34. The van der Waals surface area contributed by atoms with Crippen molar-refractivity contribution >= 4 is 17.5 Å². The molecule has 0 unspecified atom stereocenters. The first-order valence-electron chi connectivity index (χ1n) is 8.34. The maximum atomic E-state index is 12.5. The molecule has 0 bridgehead atoms. The number of hydrogen-bond donors (Lipinski definition) is 2. The van der Waals surface area contributed by atoms with Gasteiger partial charge in [0.15, 0.2) is 11.5 Å². The lowest BCUT2D eigenvalue weighted by atomic mass is 10.1. The van der Waals surface area contributed by atoms with Crippen molar-refractivity contribution in [1.29, 1.82) is 0 Å². The number of anilines is 1. The van der Waals surface area contributed by atoms with E-state index in [1.807, 2.05) is 0 Å². The van der Waals surface area contributed by atoms with Gasteiger partial charge in [-0.25, -0.2) is 0 Å². The van der Waals surface area contributed by atoms with Crippen LogP contribution < -0.4 is 20.1 Å². The Morgan fingerprint density at radius 1 is 0.963 bits per heavy atom. The summed E-state index contributed by atoms with van der Waals surface area (Å²) >= 11 is 0. The van der Waals surface area contributed by atoms with Gasteiger partial charge in [0.2, 0.25) is 0 Å². The van der Waals surface area contributed by atoms with Crippen molar-refractivity contribution < 1.29 is 23.8 Å². The zero-order valence-corrected chi connectivity index (χ0v) is 15.6. The molecule has 1 aromatic carbocycles. The Labute approximate surface area is 157 Å². The minimum atomic E-state index is -0.385. The number of rotatable bonds is 9. The molecule has 0 radical (unpaired) electrons. The fourth-order valence-electron chi connectivity index (χ4n) is 2.33. The lowest BCUT2D eigenvalue weighted by Crippen LogP contribution is -2.25. The van der Waals surface area contributed by atoms with Crippen LogP contribution in [0.15, 0.2) is 36.7 Å². The van der Waals surface area contributed by atoms with Gasteiger partial charge in [0.05, 0.1) is 25.3 Å². The predicted molar refractivity (Wildman–Crippen MR) is 101 cm³/mol. The van der Waals surface area contributed by atoms with E-state index in [1.165, 1.54) is 32.7 Å². The summed E-state index contributed by atoms with van der Waals surface area (Å²) in [4.78, 5) is 28.6. The highest BCUT2D eigenvalue weighted by molar-refractivity contribution is 6.06. The largest absolute Gasteiger partial charge is 0.493 e. The van der Waals surface area contributed by atoms with E-state index in [-0.39, 0.29) is 17.4 Å². The molecule has 0 aliphatic heterocycles. The van der Waals surface area contributed by atoms with E-state index in [9.17, 15) is 9.59 Å². The molecule has 1 aromatic heterocycles. The van der Waals surface area contributed by atoms with E-state index in [2.05, 4.69) is 15.6 Å². The van der Waals surface area contributed by atoms with Crippen molar-refractivity contribution in [3.8, 4) is 11.5 Å². The molecule has 2 N–H and O–H groups in total. The summed E-state index contributed by atoms with van der Waals surface area (Å²) in [6.45, 7) is 1.04. The number of ether oxygens (including phenoxy) is 3. The summed E-state index contributed by atoms with van der Waals surface area (Å²) in [5.74, 6) is 0.380. The number of amides is 2. The second kappa shape index (κ2) is 10.1. The summed E-state index contributed by atoms with van der Waals surface area (Å²) in [7, 11) is 4.65. The molecule has 2 amide bonds. The van der Waals surface area contributed by atoms with E-state index in [0.717, 1.165) is 0 Å². The normalized spacial score (nSPS) is 10.2. The maximum Gasteiger partial charge on any atom is 0.257 e. The molecule has 0 spiro atoms. The first-order chi connectivity index (χ1) is 13.1. The molecule has 0 atom stereocenters. The maximum absolute atomic E-state index is 12.5. The zero-order chi connectivity index (χ0) is 19.6. The third-order valence-electron chi connectivity index (χ3n) is 3.71. The van der Waals surface area contributed by atoms with Crippen molar-refractivity contribution in [3.63, 3.8) is 0 Å². The van der Waals surface area contributed by atoms with E-state index < -0.39 is 0 Å². The Kier molecular flexibility index (Phi) is 7.57. The fourth-order valence-corrected chi connectivity index (χ4v) is 2.33. The fraction of sp³-hybridized carbons (Fsp3) is 0.316. The molecule has 1 heterocycles. The number of benzene rings is 1. The highest BCUT2D eigenvalue weighted by Crippen LogP contribution is 2.29. The quantitative estimate of drug-likeness (QED) is 0.653. The molecular weight excluding hydrogens is 350 g/mol. The molecular formula is C19H23N3O5. The Bertz CT molecular complexity index is 795. The molecule has 27 heavy (non-hydrogen) atoms. The minimum absolute atomic E-state index is 0.273. The summed E-state index contributed by atoms with van der Waals surface area (Å²) < 4.78 is 15.3. The topological polar surface area (TPSA) is 98.8 Å². The monoisotopic (exact) mass is 373 g/mol. The van der Waals surface area contributed by atoms with Crippen LogP contribution in [-0.4, -0.2) is 51.3 Å². The number of pyridine rings is 1. The number of nitrogens with zero attached hydrogens (tertiary/aromatic N) is 1. The van der Waals surface area contributed by atoms with Crippen LogP contribution in [-0.2, 0) is 4.74 Å². The summed E-state index contributed by atoms with van der Waals surface area (Å²) in [6.07, 6.45) is 3.52. The summed E-state index contributed by atoms with van der Waals surface area (Å²) in [5.41, 5.74) is 1.12. The lowest BCUT2D eigenvalue weighted by Gasteiger charge is -2.11. The van der Waals surface area contributed by atoms with Crippen molar-refractivity contribution in [2.75, 3.05) is 39.8 Å². The molecule has 2 rings (SSSR count). The lowest BCUT2D eigenvalue weighted by molar-refractivity contribution is 0.0948. The number of methoxy groups -OCH3 is 3. The zero-order valence-electron chi connectivity index (χ0n) is 15.6. The van der Waals surface area contributed by atoms with Gasteiger partial charge in [0.25, 0.3) is 11.8 Å². The highest BCUT2D eigenvalue weighted by atomic mass is 16.5. The van der Waals surface area contributed by atoms with Crippen molar-refractivity contribution in [3.05, 3.63) is 47.8 Å². The Morgan fingerprint density at radius 3 is 2.33 bits per heavy atom. The minimum Gasteiger partial charge on any atom is -0.493 e. The van der Waals surface area contributed by atoms with Crippen molar-refractivity contribution in [1.82, 2.24) is 10.3 Å². The molecule has 8 heteroatoms. The van der Waals surface area contributed by atoms with Crippen LogP contribution in [0, 0.1) is 0 Å². The molecule has 0 saturated heterocycles. The highest BCUT2D eigenvalue weighted by Gasteiger charge is 2.13. The van der Waals surface area contributed by atoms with Gasteiger partial charge in [-0.3, -0.25) is 14.6 Å². The van der Waals surface area contributed by atoms with Gasteiger partial charge in [0, 0.05) is 44.4 Å². The number of nitrogens with one attached hydrogen (secondary N) is 2. The summed E-state index contributed by atoms with van der Waals surface area (Å²) in [6, 6.07) is 6.53. The smallest absolute Gasteiger partial charge is 0.257 e. The van der Waals surface area contributed by atoms with Crippen LogP contribution in [0.2, 0.25) is 0 Å². The SMILES string of the molecule is COCCCNC(=O)c1cncc(C(=O)Nc2ccc(OC)c(OC)c2)c1. The second-order valence-electron chi connectivity index (χ2n) is 5.59. The molecule has 8 nitrogen and oxygen atoms in total. The van der Waals surface area contributed by atoms with Crippen molar-refractivity contribution in [2.24, 2.45) is 0 Å². The Hall–Kier alpha value is -3.13. The number of carbonyl (C=O) groups is 2. The average molecular weight is 373 g/mol. The van der Waals surface area contributed by atoms with E-state index in [0.29, 0.717) is 42.3 Å². The molecule has 0 aliphatic carbocycles. The van der Waals surface area contributed by atoms with Crippen LogP contribution >= 0.6 is 0 Å². The predicted octanol–water partition coefficient (Wildman–Crippen LogP) is 2.12.